The molecule has 0 bridgehead atoms. The van der Waals surface area contributed by atoms with Gasteiger partial charge in [-0.15, -0.1) is 0 Å². The molecular formula is C11H13N5. The molecule has 1 aliphatic heterocycles. The molecule has 1 aliphatic carbocycles. The predicted octanol–water partition coefficient (Wildman–Crippen LogP) is 0.889. The molecule has 0 amide bonds. The van der Waals surface area contributed by atoms with E-state index in [-0.39, 0.29) is 0 Å². The topological polar surface area (TPSA) is 46.3 Å². The van der Waals surface area contributed by atoms with Gasteiger partial charge in [-0.1, -0.05) is 0 Å². The van der Waals surface area contributed by atoms with Crippen molar-refractivity contribution >= 4 is 11.6 Å². The molecule has 2 aliphatic rings. The molecule has 2 aromatic rings. The summed E-state index contributed by atoms with van der Waals surface area (Å²) < 4.78 is 1.84. The third kappa shape index (κ3) is 1.08. The van der Waals surface area contributed by atoms with E-state index in [0.717, 1.165) is 23.3 Å². The maximum Gasteiger partial charge on any atom is 0.254 e. The van der Waals surface area contributed by atoms with Crippen molar-refractivity contribution < 1.29 is 0 Å². The van der Waals surface area contributed by atoms with Gasteiger partial charge in [0.2, 0.25) is 0 Å². The standard InChI is InChI=1S/C11H13N5/c1-7-2-10(15-4-8-3-9(8)5-15)16-11(14-7)12-6-13-16/h2,6,8-9H,3-5H2,1H3. The second-order valence-corrected chi connectivity index (χ2v) is 4.89. The molecule has 82 valence electrons. The maximum absolute atomic E-state index is 4.36. The second kappa shape index (κ2) is 2.72. The molecule has 5 nitrogen and oxygen atoms in total. The quantitative estimate of drug-likeness (QED) is 0.708. The molecule has 4 rings (SSSR count). The van der Waals surface area contributed by atoms with Crippen LogP contribution in [-0.2, 0) is 0 Å². The summed E-state index contributed by atoms with van der Waals surface area (Å²) in [5.74, 6) is 3.70. The largest absolute Gasteiger partial charge is 0.356 e. The van der Waals surface area contributed by atoms with Gasteiger partial charge in [-0.3, -0.25) is 0 Å². The molecular weight excluding hydrogens is 202 g/mol. The Morgan fingerprint density at radius 3 is 2.94 bits per heavy atom. The van der Waals surface area contributed by atoms with Gasteiger partial charge in [-0.05, 0) is 25.2 Å². The van der Waals surface area contributed by atoms with Gasteiger partial charge < -0.3 is 4.90 Å². The summed E-state index contributed by atoms with van der Waals surface area (Å²) in [6.07, 6.45) is 2.99. The fourth-order valence-corrected chi connectivity index (χ4v) is 2.72. The summed E-state index contributed by atoms with van der Waals surface area (Å²) in [6.45, 7) is 4.35. The summed E-state index contributed by atoms with van der Waals surface area (Å²) in [5.41, 5.74) is 1.01. The number of aromatic nitrogens is 4. The third-order valence-electron chi connectivity index (χ3n) is 3.66. The highest BCUT2D eigenvalue weighted by molar-refractivity contribution is 5.48. The van der Waals surface area contributed by atoms with Crippen molar-refractivity contribution in [3.8, 4) is 0 Å². The normalized spacial score (nSPS) is 27.4. The Morgan fingerprint density at radius 2 is 2.12 bits per heavy atom. The fourth-order valence-electron chi connectivity index (χ4n) is 2.72. The highest BCUT2D eigenvalue weighted by atomic mass is 15.4. The van der Waals surface area contributed by atoms with Crippen LogP contribution in [0.1, 0.15) is 12.1 Å². The van der Waals surface area contributed by atoms with Crippen LogP contribution in [0, 0.1) is 18.8 Å². The van der Waals surface area contributed by atoms with E-state index in [1.807, 2.05) is 11.4 Å². The average molecular weight is 215 g/mol. The summed E-state index contributed by atoms with van der Waals surface area (Å²) >= 11 is 0. The Morgan fingerprint density at radius 1 is 1.31 bits per heavy atom. The van der Waals surface area contributed by atoms with Crippen molar-refractivity contribution in [3.05, 3.63) is 18.1 Å². The molecule has 3 heterocycles. The molecule has 0 aromatic carbocycles. The van der Waals surface area contributed by atoms with Crippen LogP contribution in [-0.4, -0.2) is 32.7 Å². The molecule has 5 heteroatoms. The summed E-state index contributed by atoms with van der Waals surface area (Å²) in [5, 5.41) is 4.25. The van der Waals surface area contributed by atoms with E-state index < -0.39 is 0 Å². The Hall–Kier alpha value is -1.65. The van der Waals surface area contributed by atoms with Crippen molar-refractivity contribution in [1.29, 1.82) is 0 Å². The molecule has 1 saturated heterocycles. The van der Waals surface area contributed by atoms with Crippen LogP contribution in [0.3, 0.4) is 0 Å². The predicted molar refractivity (Wildman–Crippen MR) is 59.3 cm³/mol. The third-order valence-corrected chi connectivity index (χ3v) is 3.66. The van der Waals surface area contributed by atoms with Crippen molar-refractivity contribution in [2.75, 3.05) is 18.0 Å². The Labute approximate surface area is 93.1 Å². The van der Waals surface area contributed by atoms with Crippen molar-refractivity contribution in [2.24, 2.45) is 11.8 Å². The van der Waals surface area contributed by atoms with Gasteiger partial charge >= 0.3 is 0 Å². The summed E-state index contributed by atoms with van der Waals surface area (Å²) in [6, 6.07) is 2.10. The van der Waals surface area contributed by atoms with Crippen LogP contribution in [0.15, 0.2) is 12.4 Å². The zero-order valence-corrected chi connectivity index (χ0v) is 9.17. The molecule has 2 unspecified atom stereocenters. The van der Waals surface area contributed by atoms with Gasteiger partial charge in [-0.25, -0.2) is 4.98 Å². The minimum absolute atomic E-state index is 0.704. The Balaban J connectivity index is 1.85. The number of hydrogen-bond acceptors (Lipinski definition) is 4. The highest BCUT2D eigenvalue weighted by Gasteiger charge is 2.45. The smallest absolute Gasteiger partial charge is 0.254 e. The average Bonchev–Trinajstić information content (AvgIpc) is 2.73. The van der Waals surface area contributed by atoms with E-state index in [1.165, 1.54) is 19.5 Å². The van der Waals surface area contributed by atoms with Crippen LogP contribution in [0.5, 0.6) is 0 Å². The number of hydrogen-bond donors (Lipinski definition) is 0. The molecule has 0 spiro atoms. The molecule has 2 fully saturated rings. The number of rotatable bonds is 1. The zero-order valence-electron chi connectivity index (χ0n) is 9.17. The zero-order chi connectivity index (χ0) is 10.7. The van der Waals surface area contributed by atoms with Crippen LogP contribution in [0.25, 0.3) is 5.78 Å². The summed E-state index contributed by atoms with van der Waals surface area (Å²) in [7, 11) is 0. The first-order chi connectivity index (χ1) is 7.81. The molecule has 2 atom stereocenters. The van der Waals surface area contributed by atoms with Gasteiger partial charge in [0, 0.05) is 24.8 Å². The van der Waals surface area contributed by atoms with Crippen LogP contribution >= 0.6 is 0 Å². The first kappa shape index (κ1) is 8.50. The minimum Gasteiger partial charge on any atom is -0.356 e. The number of aryl methyl sites for hydroxylation is 1. The van der Waals surface area contributed by atoms with Crippen LogP contribution < -0.4 is 4.90 Å². The SMILES string of the molecule is Cc1cc(N2CC3CC3C2)n2ncnc2n1. The lowest BCUT2D eigenvalue weighted by Gasteiger charge is -2.20. The highest BCUT2D eigenvalue weighted by Crippen LogP contribution is 2.46. The second-order valence-electron chi connectivity index (χ2n) is 4.89. The molecule has 1 saturated carbocycles. The molecule has 0 N–H and O–H groups in total. The number of anilines is 1. The first-order valence-electron chi connectivity index (χ1n) is 5.73. The minimum atomic E-state index is 0.704. The van der Waals surface area contributed by atoms with E-state index in [0.29, 0.717) is 5.78 Å². The van der Waals surface area contributed by atoms with Gasteiger partial charge in [0.05, 0.1) is 0 Å². The van der Waals surface area contributed by atoms with Gasteiger partial charge in [-0.2, -0.15) is 14.6 Å². The van der Waals surface area contributed by atoms with E-state index in [9.17, 15) is 0 Å². The lowest BCUT2D eigenvalue weighted by Crippen LogP contribution is -2.24. The van der Waals surface area contributed by atoms with Crippen LogP contribution in [0.4, 0.5) is 5.82 Å². The van der Waals surface area contributed by atoms with Crippen molar-refractivity contribution in [1.82, 2.24) is 19.6 Å². The van der Waals surface area contributed by atoms with Gasteiger partial charge in [0.1, 0.15) is 12.1 Å². The van der Waals surface area contributed by atoms with Crippen molar-refractivity contribution in [3.63, 3.8) is 0 Å². The number of nitrogens with zero attached hydrogens (tertiary/aromatic N) is 5. The molecule has 2 aromatic heterocycles. The van der Waals surface area contributed by atoms with E-state index in [4.69, 9.17) is 0 Å². The monoisotopic (exact) mass is 215 g/mol. The number of fused-ring (bicyclic) bond motifs is 2. The molecule has 0 radical (unpaired) electrons. The Kier molecular flexibility index (Phi) is 1.45. The fraction of sp³-hybridized carbons (Fsp3) is 0.545. The van der Waals surface area contributed by atoms with Gasteiger partial charge in [0.25, 0.3) is 5.78 Å². The van der Waals surface area contributed by atoms with E-state index in [1.54, 1.807) is 6.33 Å². The Bertz CT molecular complexity index is 551. The van der Waals surface area contributed by atoms with Crippen molar-refractivity contribution in [2.45, 2.75) is 13.3 Å². The maximum atomic E-state index is 4.36. The molecule has 16 heavy (non-hydrogen) atoms. The van der Waals surface area contributed by atoms with E-state index >= 15 is 0 Å². The summed E-state index contributed by atoms with van der Waals surface area (Å²) in [4.78, 5) is 10.9. The van der Waals surface area contributed by atoms with Crippen LogP contribution in [0.2, 0.25) is 0 Å². The number of piperidine rings is 1. The van der Waals surface area contributed by atoms with E-state index in [2.05, 4.69) is 26.0 Å². The first-order valence-corrected chi connectivity index (χ1v) is 5.73. The lowest BCUT2D eigenvalue weighted by molar-refractivity contribution is 0.771. The lowest BCUT2D eigenvalue weighted by atomic mass is 10.3. The van der Waals surface area contributed by atoms with Gasteiger partial charge in [0.15, 0.2) is 0 Å².